The smallest absolute Gasteiger partial charge is 0.394 e. The number of amides is 1. The SMILES string of the molecule is Cc1cc(NC(=O)C(=O)O)c2c(c1Oc1ccc(O)c(CCC3CCCCC3)c1)CCC2. The van der Waals surface area contributed by atoms with Gasteiger partial charge in [-0.2, -0.15) is 0 Å². The summed E-state index contributed by atoms with van der Waals surface area (Å²) >= 11 is 0. The molecule has 0 bridgehead atoms. The van der Waals surface area contributed by atoms with Crippen LogP contribution in [0.5, 0.6) is 17.2 Å². The number of carbonyl (C=O) groups excluding carboxylic acids is 1. The number of aryl methyl sites for hydroxylation is 2. The van der Waals surface area contributed by atoms with Gasteiger partial charge in [-0.25, -0.2) is 4.79 Å². The van der Waals surface area contributed by atoms with E-state index in [1.807, 2.05) is 13.0 Å². The molecule has 0 heterocycles. The fourth-order valence-corrected chi connectivity index (χ4v) is 5.11. The Bertz CT molecular complexity index is 1020. The molecular weight excluding hydrogens is 406 g/mol. The molecule has 0 radical (unpaired) electrons. The third-order valence-corrected chi connectivity index (χ3v) is 6.80. The summed E-state index contributed by atoms with van der Waals surface area (Å²) in [7, 11) is 0. The third-order valence-electron chi connectivity index (χ3n) is 6.80. The van der Waals surface area contributed by atoms with E-state index in [1.54, 1.807) is 18.2 Å². The molecule has 0 unspecified atom stereocenters. The highest BCUT2D eigenvalue weighted by Crippen LogP contribution is 2.41. The van der Waals surface area contributed by atoms with Gasteiger partial charge < -0.3 is 20.3 Å². The van der Waals surface area contributed by atoms with Crippen molar-refractivity contribution in [3.05, 3.63) is 46.5 Å². The number of nitrogens with one attached hydrogen (secondary N) is 1. The fraction of sp³-hybridized carbons (Fsp3) is 0.462. The van der Waals surface area contributed by atoms with Gasteiger partial charge >= 0.3 is 11.9 Å². The second-order valence-electron chi connectivity index (χ2n) is 9.08. The van der Waals surface area contributed by atoms with Crippen molar-refractivity contribution in [2.75, 3.05) is 5.32 Å². The van der Waals surface area contributed by atoms with Gasteiger partial charge in [0.15, 0.2) is 0 Å². The molecule has 4 rings (SSSR count). The summed E-state index contributed by atoms with van der Waals surface area (Å²) in [5.41, 5.74) is 4.25. The van der Waals surface area contributed by atoms with Crippen LogP contribution in [0.25, 0.3) is 0 Å². The van der Waals surface area contributed by atoms with E-state index in [9.17, 15) is 14.7 Å². The quantitative estimate of drug-likeness (QED) is 0.517. The molecule has 0 saturated heterocycles. The number of anilines is 1. The van der Waals surface area contributed by atoms with Gasteiger partial charge in [0.2, 0.25) is 0 Å². The monoisotopic (exact) mass is 437 g/mol. The van der Waals surface area contributed by atoms with Crippen LogP contribution in [0.2, 0.25) is 0 Å². The molecule has 1 fully saturated rings. The molecule has 0 aliphatic heterocycles. The first-order valence-electron chi connectivity index (χ1n) is 11.6. The first kappa shape index (κ1) is 22.2. The van der Waals surface area contributed by atoms with E-state index in [1.165, 1.54) is 32.1 Å². The highest BCUT2D eigenvalue weighted by atomic mass is 16.5. The summed E-state index contributed by atoms with van der Waals surface area (Å²) in [4.78, 5) is 22.6. The Hall–Kier alpha value is -3.02. The Balaban J connectivity index is 1.54. The number of aromatic hydroxyl groups is 1. The van der Waals surface area contributed by atoms with Crippen LogP contribution in [0.15, 0.2) is 24.3 Å². The van der Waals surface area contributed by atoms with Crippen molar-refractivity contribution in [1.82, 2.24) is 0 Å². The van der Waals surface area contributed by atoms with Gasteiger partial charge in [-0.3, -0.25) is 4.79 Å². The van der Waals surface area contributed by atoms with Crippen molar-refractivity contribution in [1.29, 1.82) is 0 Å². The number of aliphatic carboxylic acids is 1. The topological polar surface area (TPSA) is 95.9 Å². The second-order valence-corrected chi connectivity index (χ2v) is 9.08. The number of carboxylic acids is 1. The summed E-state index contributed by atoms with van der Waals surface area (Å²) in [6.07, 6.45) is 11.0. The Morgan fingerprint density at radius 2 is 1.81 bits per heavy atom. The predicted octanol–water partition coefficient (Wildman–Crippen LogP) is 5.52. The predicted molar refractivity (Wildman–Crippen MR) is 123 cm³/mol. The lowest BCUT2D eigenvalue weighted by Crippen LogP contribution is -2.22. The zero-order chi connectivity index (χ0) is 22.7. The molecule has 1 amide bonds. The first-order valence-corrected chi connectivity index (χ1v) is 11.6. The maximum atomic E-state index is 11.7. The van der Waals surface area contributed by atoms with Crippen molar-refractivity contribution in [3.8, 4) is 17.2 Å². The normalized spacial score (nSPS) is 15.9. The van der Waals surface area contributed by atoms with Crippen molar-refractivity contribution in [2.24, 2.45) is 5.92 Å². The molecule has 2 aliphatic carbocycles. The lowest BCUT2D eigenvalue weighted by molar-refractivity contribution is -0.147. The molecule has 0 atom stereocenters. The van der Waals surface area contributed by atoms with Crippen molar-refractivity contribution in [2.45, 2.75) is 71.1 Å². The van der Waals surface area contributed by atoms with Crippen LogP contribution in [-0.4, -0.2) is 22.1 Å². The molecule has 1 saturated carbocycles. The van der Waals surface area contributed by atoms with Gasteiger partial charge in [0.05, 0.1) is 0 Å². The van der Waals surface area contributed by atoms with Crippen LogP contribution in [-0.2, 0) is 28.9 Å². The first-order chi connectivity index (χ1) is 15.4. The van der Waals surface area contributed by atoms with Crippen molar-refractivity contribution < 1.29 is 24.5 Å². The highest BCUT2D eigenvalue weighted by Gasteiger charge is 2.24. The molecule has 170 valence electrons. The molecule has 2 aromatic rings. The Morgan fingerprint density at radius 3 is 2.56 bits per heavy atom. The average molecular weight is 438 g/mol. The van der Waals surface area contributed by atoms with E-state index in [4.69, 9.17) is 9.84 Å². The van der Waals surface area contributed by atoms with E-state index < -0.39 is 11.9 Å². The summed E-state index contributed by atoms with van der Waals surface area (Å²) < 4.78 is 6.31. The van der Waals surface area contributed by atoms with Crippen LogP contribution in [0.1, 0.15) is 67.2 Å². The van der Waals surface area contributed by atoms with Crippen molar-refractivity contribution in [3.63, 3.8) is 0 Å². The van der Waals surface area contributed by atoms with E-state index in [0.717, 1.165) is 66.0 Å². The molecule has 2 aliphatic rings. The molecular formula is C26H31NO5. The number of phenolic OH excluding ortho intramolecular Hbond substituents is 1. The summed E-state index contributed by atoms with van der Waals surface area (Å²) in [5.74, 6) is -0.0442. The number of ether oxygens (including phenoxy) is 1. The maximum absolute atomic E-state index is 11.7. The molecule has 0 aromatic heterocycles. The Kier molecular flexibility index (Phi) is 6.68. The molecule has 6 nitrogen and oxygen atoms in total. The van der Waals surface area contributed by atoms with Crippen LogP contribution < -0.4 is 10.1 Å². The fourth-order valence-electron chi connectivity index (χ4n) is 5.11. The number of carboxylic acid groups (broad SMARTS) is 1. The minimum atomic E-state index is -1.50. The highest BCUT2D eigenvalue weighted by molar-refractivity contribution is 6.36. The molecule has 0 spiro atoms. The lowest BCUT2D eigenvalue weighted by atomic mass is 9.85. The lowest BCUT2D eigenvalue weighted by Gasteiger charge is -2.21. The van der Waals surface area contributed by atoms with Gasteiger partial charge in [0, 0.05) is 11.3 Å². The average Bonchev–Trinajstić information content (AvgIpc) is 3.27. The Morgan fingerprint density at radius 1 is 1.06 bits per heavy atom. The number of hydrogen-bond donors (Lipinski definition) is 3. The van der Waals surface area contributed by atoms with Crippen LogP contribution in [0, 0.1) is 12.8 Å². The summed E-state index contributed by atoms with van der Waals surface area (Å²) in [5, 5.41) is 21.8. The van der Waals surface area contributed by atoms with Crippen LogP contribution >= 0.6 is 0 Å². The van der Waals surface area contributed by atoms with Crippen LogP contribution in [0.3, 0.4) is 0 Å². The van der Waals surface area contributed by atoms with Gasteiger partial charge in [-0.15, -0.1) is 0 Å². The van der Waals surface area contributed by atoms with E-state index in [2.05, 4.69) is 5.32 Å². The van der Waals surface area contributed by atoms with E-state index in [-0.39, 0.29) is 0 Å². The second kappa shape index (κ2) is 9.63. The Labute approximate surface area is 188 Å². The van der Waals surface area contributed by atoms with E-state index >= 15 is 0 Å². The van der Waals surface area contributed by atoms with Crippen molar-refractivity contribution >= 4 is 17.6 Å². The van der Waals surface area contributed by atoms with Gasteiger partial charge in [0.1, 0.15) is 17.2 Å². The number of phenols is 1. The van der Waals surface area contributed by atoms with E-state index in [0.29, 0.717) is 17.2 Å². The van der Waals surface area contributed by atoms with Gasteiger partial charge in [-0.05, 0) is 85.9 Å². The van der Waals surface area contributed by atoms with Gasteiger partial charge in [-0.1, -0.05) is 32.1 Å². The number of hydrogen-bond acceptors (Lipinski definition) is 4. The number of benzene rings is 2. The molecule has 32 heavy (non-hydrogen) atoms. The molecule has 2 aromatic carbocycles. The largest absolute Gasteiger partial charge is 0.508 e. The number of rotatable bonds is 6. The standard InChI is InChI=1S/C26H31NO5/c1-16-14-22(27-25(29)26(30)31)20-8-5-9-21(20)24(16)32-19-12-13-23(28)18(15-19)11-10-17-6-3-2-4-7-17/h12-15,17,28H,2-11H2,1H3,(H,27,29)(H,30,31). The minimum Gasteiger partial charge on any atom is -0.508 e. The number of fused-ring (bicyclic) bond motifs is 1. The zero-order valence-corrected chi connectivity index (χ0v) is 18.6. The summed E-state index contributed by atoms with van der Waals surface area (Å²) in [6.45, 7) is 1.90. The third kappa shape index (κ3) is 4.90. The minimum absolute atomic E-state index is 0.307. The maximum Gasteiger partial charge on any atom is 0.394 e. The molecule has 6 heteroatoms. The summed E-state index contributed by atoms with van der Waals surface area (Å²) in [6, 6.07) is 7.19. The number of carbonyl (C=O) groups is 2. The molecule has 3 N–H and O–H groups in total. The zero-order valence-electron chi connectivity index (χ0n) is 18.6. The van der Waals surface area contributed by atoms with Gasteiger partial charge in [0.25, 0.3) is 0 Å². The van der Waals surface area contributed by atoms with Crippen LogP contribution in [0.4, 0.5) is 5.69 Å².